The number of carbonyl (C=O) groups is 2. The lowest BCUT2D eigenvalue weighted by Crippen LogP contribution is -2.44. The average Bonchev–Trinajstić information content (AvgIpc) is 2.89. The van der Waals surface area contributed by atoms with Crippen LogP contribution in [0.15, 0.2) is 91.3 Å². The monoisotopic (exact) mass is 465 g/mol. The minimum Gasteiger partial charge on any atom is -0.340 e. The lowest BCUT2D eigenvalue weighted by molar-refractivity contribution is -0.118. The normalized spacial score (nSPS) is 11.7. The fraction of sp³-hybridized carbons (Fsp3) is 0.233. The highest BCUT2D eigenvalue weighted by Crippen LogP contribution is 2.23. The van der Waals surface area contributed by atoms with Crippen molar-refractivity contribution >= 4 is 28.3 Å². The Morgan fingerprint density at radius 1 is 0.857 bits per heavy atom. The second kappa shape index (κ2) is 11.9. The van der Waals surface area contributed by atoms with Gasteiger partial charge in [0.1, 0.15) is 6.04 Å². The van der Waals surface area contributed by atoms with E-state index < -0.39 is 6.04 Å². The van der Waals surface area contributed by atoms with Crippen LogP contribution < -0.4 is 10.6 Å². The summed E-state index contributed by atoms with van der Waals surface area (Å²) in [6.07, 6.45) is 7.94. The molecule has 0 aliphatic heterocycles. The maximum atomic E-state index is 13.4. The molecule has 2 amide bonds. The van der Waals surface area contributed by atoms with E-state index >= 15 is 0 Å². The van der Waals surface area contributed by atoms with Gasteiger partial charge in [0.2, 0.25) is 5.91 Å². The molecule has 5 heteroatoms. The van der Waals surface area contributed by atoms with Gasteiger partial charge in [-0.25, -0.2) is 0 Å². The van der Waals surface area contributed by atoms with Gasteiger partial charge >= 0.3 is 0 Å². The fourth-order valence-electron chi connectivity index (χ4n) is 4.28. The van der Waals surface area contributed by atoms with Crippen molar-refractivity contribution in [2.75, 3.05) is 5.32 Å². The first-order valence-electron chi connectivity index (χ1n) is 12.2. The molecular weight excluding hydrogens is 434 g/mol. The highest BCUT2D eigenvalue weighted by molar-refractivity contribution is 6.05. The first-order valence-corrected chi connectivity index (χ1v) is 12.2. The minimum absolute atomic E-state index is 0.209. The van der Waals surface area contributed by atoms with Gasteiger partial charge in [-0.1, -0.05) is 73.5 Å². The zero-order valence-electron chi connectivity index (χ0n) is 20.0. The van der Waals surface area contributed by atoms with Crippen molar-refractivity contribution in [3.63, 3.8) is 0 Å². The van der Waals surface area contributed by atoms with Crippen LogP contribution in [0, 0.1) is 6.92 Å². The van der Waals surface area contributed by atoms with Gasteiger partial charge in [-0.05, 0) is 55.5 Å². The summed E-state index contributed by atoms with van der Waals surface area (Å²) in [5.74, 6) is -0.436. The number of aromatic nitrogens is 1. The van der Waals surface area contributed by atoms with E-state index in [1.54, 1.807) is 18.5 Å². The van der Waals surface area contributed by atoms with Crippen LogP contribution >= 0.6 is 0 Å². The first-order chi connectivity index (χ1) is 17.1. The van der Waals surface area contributed by atoms with Gasteiger partial charge in [0.15, 0.2) is 0 Å². The molecule has 4 aromatic rings. The van der Waals surface area contributed by atoms with E-state index in [0.717, 1.165) is 42.0 Å². The molecule has 0 bridgehead atoms. The molecule has 0 aliphatic carbocycles. The molecule has 0 spiro atoms. The smallest absolute Gasteiger partial charge is 0.252 e. The standard InChI is InChI=1S/C30H31N3O2/c1-22-11-8-9-16-25(22)29(34)33-28(17-7-3-6-14-23-12-4-2-5-13-23)30(35)32-27-18-10-15-24-21-31-20-19-26(24)27/h2,4-5,8-13,15-16,18-21,28H,3,6-7,14,17H2,1H3,(H,32,35)(H,33,34). The number of carbonyl (C=O) groups excluding carboxylic acids is 2. The van der Waals surface area contributed by atoms with Crippen LogP contribution in [-0.4, -0.2) is 22.8 Å². The molecule has 5 nitrogen and oxygen atoms in total. The number of pyridine rings is 1. The third kappa shape index (κ3) is 6.54. The summed E-state index contributed by atoms with van der Waals surface area (Å²) in [7, 11) is 0. The van der Waals surface area contributed by atoms with Crippen molar-refractivity contribution < 1.29 is 9.59 Å². The summed E-state index contributed by atoms with van der Waals surface area (Å²) in [6, 6.07) is 24.8. The molecule has 0 saturated carbocycles. The first kappa shape index (κ1) is 24.1. The van der Waals surface area contributed by atoms with Gasteiger partial charge < -0.3 is 10.6 Å². The lowest BCUT2D eigenvalue weighted by Gasteiger charge is -2.20. The topological polar surface area (TPSA) is 71.1 Å². The van der Waals surface area contributed by atoms with Gasteiger partial charge in [0.05, 0.1) is 0 Å². The Labute approximate surface area is 206 Å². The third-order valence-electron chi connectivity index (χ3n) is 6.25. The number of rotatable bonds is 10. The van der Waals surface area contributed by atoms with E-state index in [1.165, 1.54) is 5.56 Å². The summed E-state index contributed by atoms with van der Waals surface area (Å²) >= 11 is 0. The maximum absolute atomic E-state index is 13.4. The molecule has 35 heavy (non-hydrogen) atoms. The van der Waals surface area contributed by atoms with Crippen LogP contribution in [0.25, 0.3) is 10.8 Å². The van der Waals surface area contributed by atoms with Crippen molar-refractivity contribution in [2.45, 2.75) is 45.1 Å². The molecule has 0 radical (unpaired) electrons. The Balaban J connectivity index is 1.43. The zero-order chi connectivity index (χ0) is 24.5. The second-order valence-electron chi connectivity index (χ2n) is 8.82. The quantitative estimate of drug-likeness (QED) is 0.279. The van der Waals surface area contributed by atoms with E-state index in [-0.39, 0.29) is 11.8 Å². The molecule has 178 valence electrons. The fourth-order valence-corrected chi connectivity index (χ4v) is 4.28. The number of fused-ring (bicyclic) bond motifs is 1. The number of hydrogen-bond acceptors (Lipinski definition) is 3. The van der Waals surface area contributed by atoms with Gasteiger partial charge in [-0.3, -0.25) is 14.6 Å². The Bertz CT molecular complexity index is 1280. The summed E-state index contributed by atoms with van der Waals surface area (Å²) in [4.78, 5) is 30.5. The molecule has 0 fully saturated rings. The number of nitrogens with one attached hydrogen (secondary N) is 2. The number of anilines is 1. The van der Waals surface area contributed by atoms with Crippen molar-refractivity contribution in [2.24, 2.45) is 0 Å². The van der Waals surface area contributed by atoms with Crippen LogP contribution in [0.3, 0.4) is 0 Å². The Morgan fingerprint density at radius 3 is 2.49 bits per heavy atom. The van der Waals surface area contributed by atoms with E-state index in [4.69, 9.17) is 0 Å². The van der Waals surface area contributed by atoms with E-state index in [1.807, 2.05) is 55.5 Å². The Hall–Kier alpha value is -3.99. The average molecular weight is 466 g/mol. The Morgan fingerprint density at radius 2 is 1.66 bits per heavy atom. The predicted molar refractivity (Wildman–Crippen MR) is 141 cm³/mol. The highest BCUT2D eigenvalue weighted by atomic mass is 16.2. The molecule has 1 heterocycles. The van der Waals surface area contributed by atoms with Gasteiger partial charge in [0.25, 0.3) is 5.91 Å². The van der Waals surface area contributed by atoms with Crippen LogP contribution in [0.1, 0.15) is 47.2 Å². The minimum atomic E-state index is -0.629. The number of nitrogens with zero attached hydrogens (tertiary/aromatic N) is 1. The molecule has 0 aliphatic rings. The molecular formula is C30H31N3O2. The van der Waals surface area contributed by atoms with Crippen molar-refractivity contribution in [3.05, 3.63) is 108 Å². The highest BCUT2D eigenvalue weighted by Gasteiger charge is 2.22. The summed E-state index contributed by atoms with van der Waals surface area (Å²) in [5.41, 5.74) is 3.51. The predicted octanol–water partition coefficient (Wildman–Crippen LogP) is 6.08. The van der Waals surface area contributed by atoms with Crippen LogP contribution in [0.2, 0.25) is 0 Å². The number of aryl methyl sites for hydroxylation is 2. The molecule has 2 N–H and O–H groups in total. The van der Waals surface area contributed by atoms with E-state index in [0.29, 0.717) is 17.7 Å². The Kier molecular flexibility index (Phi) is 8.23. The summed E-state index contributed by atoms with van der Waals surface area (Å²) in [5, 5.41) is 7.90. The van der Waals surface area contributed by atoms with Crippen LogP contribution in [0.4, 0.5) is 5.69 Å². The van der Waals surface area contributed by atoms with Crippen molar-refractivity contribution in [1.82, 2.24) is 10.3 Å². The van der Waals surface area contributed by atoms with Crippen molar-refractivity contribution in [1.29, 1.82) is 0 Å². The van der Waals surface area contributed by atoms with Gasteiger partial charge in [0, 0.05) is 34.4 Å². The van der Waals surface area contributed by atoms with Gasteiger partial charge in [-0.15, -0.1) is 0 Å². The molecule has 1 aromatic heterocycles. The molecule has 1 atom stereocenters. The molecule has 1 unspecified atom stereocenters. The summed E-state index contributed by atoms with van der Waals surface area (Å²) < 4.78 is 0. The zero-order valence-corrected chi connectivity index (χ0v) is 20.0. The van der Waals surface area contributed by atoms with Crippen molar-refractivity contribution in [3.8, 4) is 0 Å². The molecule has 3 aromatic carbocycles. The second-order valence-corrected chi connectivity index (χ2v) is 8.82. The summed E-state index contributed by atoms with van der Waals surface area (Å²) in [6.45, 7) is 1.90. The van der Waals surface area contributed by atoms with E-state index in [9.17, 15) is 9.59 Å². The molecule has 0 saturated heterocycles. The van der Waals surface area contributed by atoms with E-state index in [2.05, 4.69) is 39.9 Å². The SMILES string of the molecule is Cc1ccccc1C(=O)NC(CCCCCc1ccccc1)C(=O)Nc1cccc2cnccc12. The number of unbranched alkanes of at least 4 members (excludes halogenated alkanes) is 2. The number of hydrogen-bond donors (Lipinski definition) is 2. The number of benzene rings is 3. The van der Waals surface area contributed by atoms with Gasteiger partial charge in [-0.2, -0.15) is 0 Å². The largest absolute Gasteiger partial charge is 0.340 e. The number of amides is 2. The van der Waals surface area contributed by atoms with Crippen LogP contribution in [-0.2, 0) is 11.2 Å². The lowest BCUT2D eigenvalue weighted by atomic mass is 10.0. The van der Waals surface area contributed by atoms with Crippen LogP contribution in [0.5, 0.6) is 0 Å². The third-order valence-corrected chi connectivity index (χ3v) is 6.25. The molecule has 4 rings (SSSR count). The maximum Gasteiger partial charge on any atom is 0.252 e.